The van der Waals surface area contributed by atoms with E-state index in [0.717, 1.165) is 22.8 Å². The summed E-state index contributed by atoms with van der Waals surface area (Å²) < 4.78 is 5.98. The van der Waals surface area contributed by atoms with E-state index < -0.39 is 0 Å². The summed E-state index contributed by atoms with van der Waals surface area (Å²) in [5.41, 5.74) is 3.59. The normalized spacial score (nSPS) is 12.2. The molecule has 0 aliphatic rings. The molecule has 0 aliphatic carbocycles. The van der Waals surface area contributed by atoms with Gasteiger partial charge in [0.05, 0.1) is 0 Å². The number of hydrogen-bond acceptors (Lipinski definition) is 2. The molecule has 0 amide bonds. The largest absolute Gasteiger partial charge is 0.489 e. The van der Waals surface area contributed by atoms with Gasteiger partial charge in [0.25, 0.3) is 0 Å². The van der Waals surface area contributed by atoms with Gasteiger partial charge in [-0.2, -0.15) is 0 Å². The zero-order chi connectivity index (χ0) is 15.2. The molecule has 21 heavy (non-hydrogen) atoms. The molecule has 0 bridgehead atoms. The Bertz CT molecular complexity index is 580. The highest BCUT2D eigenvalue weighted by Gasteiger charge is 2.11. The van der Waals surface area contributed by atoms with Crippen LogP contribution >= 0.6 is 11.6 Å². The Morgan fingerprint density at radius 2 is 1.76 bits per heavy atom. The first-order valence-corrected chi connectivity index (χ1v) is 7.69. The molecule has 1 unspecified atom stereocenters. The lowest BCUT2D eigenvalue weighted by Crippen LogP contribution is -2.13. The van der Waals surface area contributed by atoms with Gasteiger partial charge in [-0.15, -0.1) is 0 Å². The van der Waals surface area contributed by atoms with Crippen LogP contribution in [0.4, 0.5) is 0 Å². The van der Waals surface area contributed by atoms with E-state index >= 15 is 0 Å². The Labute approximate surface area is 132 Å². The number of halogens is 1. The monoisotopic (exact) mass is 303 g/mol. The van der Waals surface area contributed by atoms with Gasteiger partial charge in [0.1, 0.15) is 12.4 Å². The summed E-state index contributed by atoms with van der Waals surface area (Å²) in [4.78, 5) is 0. The van der Waals surface area contributed by atoms with E-state index in [1.54, 1.807) is 0 Å². The van der Waals surface area contributed by atoms with Crippen LogP contribution in [0.1, 0.15) is 36.6 Å². The van der Waals surface area contributed by atoms with Gasteiger partial charge in [0.2, 0.25) is 0 Å². The summed E-state index contributed by atoms with van der Waals surface area (Å²) in [6.45, 7) is 4.81. The SMILES string of the molecule is CCc1ccc(COc2ccc(Cl)cc2C(C)NC)cc1. The topological polar surface area (TPSA) is 21.3 Å². The molecule has 1 atom stereocenters. The van der Waals surface area contributed by atoms with Gasteiger partial charge >= 0.3 is 0 Å². The molecular formula is C18H22ClNO. The average molecular weight is 304 g/mol. The van der Waals surface area contributed by atoms with Crippen molar-refractivity contribution in [3.8, 4) is 5.75 Å². The highest BCUT2D eigenvalue weighted by molar-refractivity contribution is 6.30. The highest BCUT2D eigenvalue weighted by Crippen LogP contribution is 2.28. The van der Waals surface area contributed by atoms with Crippen molar-refractivity contribution in [2.75, 3.05) is 7.05 Å². The molecule has 112 valence electrons. The third-order valence-electron chi connectivity index (χ3n) is 3.70. The third-order valence-corrected chi connectivity index (χ3v) is 3.93. The number of hydrogen-bond donors (Lipinski definition) is 1. The van der Waals surface area contributed by atoms with E-state index in [1.165, 1.54) is 11.1 Å². The van der Waals surface area contributed by atoms with Crippen LogP contribution in [0.3, 0.4) is 0 Å². The maximum atomic E-state index is 6.09. The smallest absolute Gasteiger partial charge is 0.124 e. The molecule has 1 N–H and O–H groups in total. The molecule has 0 radical (unpaired) electrons. The first-order valence-electron chi connectivity index (χ1n) is 7.31. The van der Waals surface area contributed by atoms with Crippen molar-refractivity contribution in [2.24, 2.45) is 0 Å². The molecule has 2 aromatic carbocycles. The summed E-state index contributed by atoms with van der Waals surface area (Å²) in [7, 11) is 1.93. The molecule has 2 nitrogen and oxygen atoms in total. The molecule has 0 saturated heterocycles. The van der Waals surface area contributed by atoms with Crippen LogP contribution in [0.5, 0.6) is 5.75 Å². The van der Waals surface area contributed by atoms with Gasteiger partial charge in [-0.25, -0.2) is 0 Å². The van der Waals surface area contributed by atoms with Crippen molar-refractivity contribution in [3.63, 3.8) is 0 Å². The predicted octanol–water partition coefficient (Wildman–Crippen LogP) is 4.76. The molecule has 0 saturated carbocycles. The Balaban J connectivity index is 2.11. The fraction of sp³-hybridized carbons (Fsp3) is 0.333. The van der Waals surface area contributed by atoms with Crippen LogP contribution in [0.2, 0.25) is 5.02 Å². The van der Waals surface area contributed by atoms with E-state index in [9.17, 15) is 0 Å². The van der Waals surface area contributed by atoms with Crippen molar-refractivity contribution < 1.29 is 4.74 Å². The third kappa shape index (κ3) is 4.23. The van der Waals surface area contributed by atoms with E-state index in [2.05, 4.69) is 43.4 Å². The average Bonchev–Trinajstić information content (AvgIpc) is 2.53. The molecule has 2 aromatic rings. The quantitative estimate of drug-likeness (QED) is 0.830. The zero-order valence-electron chi connectivity index (χ0n) is 12.8. The summed E-state index contributed by atoms with van der Waals surface area (Å²) in [5, 5.41) is 3.95. The maximum absolute atomic E-state index is 6.09. The second-order valence-electron chi connectivity index (χ2n) is 5.15. The van der Waals surface area contributed by atoms with E-state index in [1.807, 2.05) is 25.2 Å². The predicted molar refractivity (Wildman–Crippen MR) is 89.1 cm³/mol. The molecular weight excluding hydrogens is 282 g/mol. The molecule has 0 aromatic heterocycles. The minimum Gasteiger partial charge on any atom is -0.489 e. The lowest BCUT2D eigenvalue weighted by molar-refractivity contribution is 0.300. The molecule has 3 heteroatoms. The Kier molecular flexibility index (Phi) is 5.66. The zero-order valence-corrected chi connectivity index (χ0v) is 13.6. The number of aryl methyl sites for hydroxylation is 1. The summed E-state index contributed by atoms with van der Waals surface area (Å²) in [6, 6.07) is 14.5. The standard InChI is InChI=1S/C18H22ClNO/c1-4-14-5-7-15(8-6-14)12-21-18-10-9-16(19)11-17(18)13(2)20-3/h5-11,13,20H,4,12H2,1-3H3. The lowest BCUT2D eigenvalue weighted by Gasteiger charge is -2.17. The van der Waals surface area contributed by atoms with Gasteiger partial charge in [-0.1, -0.05) is 42.8 Å². The van der Waals surface area contributed by atoms with Crippen molar-refractivity contribution in [1.82, 2.24) is 5.32 Å². The van der Waals surface area contributed by atoms with Crippen LogP contribution in [-0.4, -0.2) is 7.05 Å². The van der Waals surface area contributed by atoms with Crippen molar-refractivity contribution >= 4 is 11.6 Å². The molecule has 0 aliphatic heterocycles. The van der Waals surface area contributed by atoms with Crippen molar-refractivity contribution in [3.05, 3.63) is 64.2 Å². The van der Waals surface area contributed by atoms with Crippen LogP contribution in [-0.2, 0) is 13.0 Å². The summed E-state index contributed by atoms with van der Waals surface area (Å²) in [5.74, 6) is 0.876. The lowest BCUT2D eigenvalue weighted by atomic mass is 10.1. The van der Waals surface area contributed by atoms with Gasteiger partial charge < -0.3 is 10.1 Å². The van der Waals surface area contributed by atoms with Crippen LogP contribution < -0.4 is 10.1 Å². The molecule has 2 rings (SSSR count). The van der Waals surface area contributed by atoms with Crippen LogP contribution in [0.25, 0.3) is 0 Å². The minimum atomic E-state index is 0.196. The molecule has 0 fully saturated rings. The first-order chi connectivity index (χ1) is 10.1. The Morgan fingerprint density at radius 3 is 2.38 bits per heavy atom. The number of nitrogens with one attached hydrogen (secondary N) is 1. The van der Waals surface area contributed by atoms with Gasteiger partial charge in [-0.3, -0.25) is 0 Å². The Morgan fingerprint density at radius 1 is 1.10 bits per heavy atom. The van der Waals surface area contributed by atoms with Crippen LogP contribution in [0, 0.1) is 0 Å². The number of ether oxygens (including phenoxy) is 1. The van der Waals surface area contributed by atoms with Gasteiger partial charge in [0.15, 0.2) is 0 Å². The Hall–Kier alpha value is -1.51. The van der Waals surface area contributed by atoms with E-state index in [0.29, 0.717) is 6.61 Å². The fourth-order valence-corrected chi connectivity index (χ4v) is 2.36. The number of benzene rings is 2. The van der Waals surface area contributed by atoms with E-state index in [4.69, 9.17) is 16.3 Å². The summed E-state index contributed by atoms with van der Waals surface area (Å²) >= 11 is 6.09. The fourth-order valence-electron chi connectivity index (χ4n) is 2.18. The van der Waals surface area contributed by atoms with E-state index in [-0.39, 0.29) is 6.04 Å². The second-order valence-corrected chi connectivity index (χ2v) is 5.59. The number of rotatable bonds is 6. The second kappa shape index (κ2) is 7.48. The van der Waals surface area contributed by atoms with Gasteiger partial charge in [0, 0.05) is 16.6 Å². The molecule has 0 heterocycles. The van der Waals surface area contributed by atoms with Crippen molar-refractivity contribution in [1.29, 1.82) is 0 Å². The van der Waals surface area contributed by atoms with Crippen LogP contribution in [0.15, 0.2) is 42.5 Å². The first kappa shape index (κ1) is 15.9. The maximum Gasteiger partial charge on any atom is 0.124 e. The summed E-state index contributed by atoms with van der Waals surface area (Å²) in [6.07, 6.45) is 1.06. The van der Waals surface area contributed by atoms with Crippen molar-refractivity contribution in [2.45, 2.75) is 32.9 Å². The molecule has 0 spiro atoms. The van der Waals surface area contributed by atoms with Gasteiger partial charge in [-0.05, 0) is 49.7 Å². The highest BCUT2D eigenvalue weighted by atomic mass is 35.5. The minimum absolute atomic E-state index is 0.196.